The van der Waals surface area contributed by atoms with Gasteiger partial charge in [-0.05, 0) is 42.8 Å². The van der Waals surface area contributed by atoms with Gasteiger partial charge in [-0.1, -0.05) is 11.6 Å². The largest absolute Gasteiger partial charge is 0.508 e. The summed E-state index contributed by atoms with van der Waals surface area (Å²) in [5, 5.41) is 9.47. The standard InChI is InChI=1S/C12H11ClO3/c1-8(14)6-10(15)4-2-9-3-5-11(16)7-12(9)13/h2-5,7,16H,6H2,1H3/b4-2+. The molecule has 0 bridgehead atoms. The van der Waals surface area contributed by atoms with Gasteiger partial charge in [0.25, 0.3) is 0 Å². The molecule has 0 atom stereocenters. The van der Waals surface area contributed by atoms with E-state index in [1.54, 1.807) is 6.07 Å². The maximum Gasteiger partial charge on any atom is 0.163 e. The number of hydrogen-bond acceptors (Lipinski definition) is 3. The van der Waals surface area contributed by atoms with Gasteiger partial charge in [0.2, 0.25) is 0 Å². The molecule has 16 heavy (non-hydrogen) atoms. The average molecular weight is 239 g/mol. The molecule has 84 valence electrons. The van der Waals surface area contributed by atoms with E-state index in [9.17, 15) is 9.59 Å². The first-order chi connectivity index (χ1) is 7.49. The zero-order valence-corrected chi connectivity index (χ0v) is 9.49. The van der Waals surface area contributed by atoms with Crippen LogP contribution in [0.2, 0.25) is 5.02 Å². The lowest BCUT2D eigenvalue weighted by atomic mass is 10.1. The number of ketones is 2. The normalized spacial score (nSPS) is 10.6. The van der Waals surface area contributed by atoms with Crippen molar-refractivity contribution in [3.8, 4) is 5.75 Å². The van der Waals surface area contributed by atoms with E-state index >= 15 is 0 Å². The molecule has 0 heterocycles. The molecule has 4 heteroatoms. The maximum absolute atomic E-state index is 11.2. The fourth-order valence-electron chi connectivity index (χ4n) is 1.14. The van der Waals surface area contributed by atoms with Gasteiger partial charge in [-0.25, -0.2) is 0 Å². The zero-order valence-electron chi connectivity index (χ0n) is 8.74. The van der Waals surface area contributed by atoms with E-state index in [-0.39, 0.29) is 23.7 Å². The van der Waals surface area contributed by atoms with Crippen LogP contribution in [-0.2, 0) is 9.59 Å². The average Bonchev–Trinajstić information content (AvgIpc) is 2.15. The Balaban J connectivity index is 2.76. The van der Waals surface area contributed by atoms with Gasteiger partial charge in [0.15, 0.2) is 5.78 Å². The molecule has 0 radical (unpaired) electrons. The Hall–Kier alpha value is -1.61. The van der Waals surface area contributed by atoms with Crippen molar-refractivity contribution in [2.75, 3.05) is 0 Å². The van der Waals surface area contributed by atoms with E-state index in [4.69, 9.17) is 16.7 Å². The number of aromatic hydroxyl groups is 1. The quantitative estimate of drug-likeness (QED) is 0.648. The van der Waals surface area contributed by atoms with Crippen molar-refractivity contribution in [1.29, 1.82) is 0 Å². The third-order valence-electron chi connectivity index (χ3n) is 1.86. The number of allylic oxidation sites excluding steroid dienone is 1. The fourth-order valence-corrected chi connectivity index (χ4v) is 1.38. The number of rotatable bonds is 4. The first-order valence-corrected chi connectivity index (χ1v) is 5.05. The van der Waals surface area contributed by atoms with E-state index in [1.807, 2.05) is 0 Å². The smallest absolute Gasteiger partial charge is 0.163 e. The lowest BCUT2D eigenvalue weighted by Gasteiger charge is -1.98. The van der Waals surface area contributed by atoms with E-state index in [0.29, 0.717) is 10.6 Å². The van der Waals surface area contributed by atoms with Crippen LogP contribution >= 0.6 is 11.6 Å². The van der Waals surface area contributed by atoms with Crippen molar-refractivity contribution in [3.63, 3.8) is 0 Å². The van der Waals surface area contributed by atoms with Gasteiger partial charge in [0.1, 0.15) is 11.5 Å². The van der Waals surface area contributed by atoms with E-state index < -0.39 is 0 Å². The monoisotopic (exact) mass is 238 g/mol. The minimum Gasteiger partial charge on any atom is -0.508 e. The van der Waals surface area contributed by atoms with Crippen molar-refractivity contribution >= 4 is 29.2 Å². The van der Waals surface area contributed by atoms with Crippen LogP contribution in [0, 0.1) is 0 Å². The summed E-state index contributed by atoms with van der Waals surface area (Å²) in [7, 11) is 0. The molecule has 0 spiro atoms. The van der Waals surface area contributed by atoms with Crippen molar-refractivity contribution in [3.05, 3.63) is 34.9 Å². The molecule has 0 aliphatic carbocycles. The number of carbonyl (C=O) groups excluding carboxylic acids is 2. The molecule has 0 amide bonds. The Labute approximate surface area is 98.4 Å². The molecule has 0 unspecified atom stereocenters. The highest BCUT2D eigenvalue weighted by Crippen LogP contribution is 2.22. The summed E-state index contributed by atoms with van der Waals surface area (Å²) >= 11 is 5.83. The van der Waals surface area contributed by atoms with Crippen LogP contribution in [0.1, 0.15) is 18.9 Å². The molecular weight excluding hydrogens is 228 g/mol. The fraction of sp³-hybridized carbons (Fsp3) is 0.167. The minimum atomic E-state index is -0.267. The highest BCUT2D eigenvalue weighted by atomic mass is 35.5. The summed E-state index contributed by atoms with van der Waals surface area (Å²) in [5.41, 5.74) is 0.622. The SMILES string of the molecule is CC(=O)CC(=O)/C=C/c1ccc(O)cc1Cl. The van der Waals surface area contributed by atoms with Crippen LogP contribution in [0.4, 0.5) is 0 Å². The number of hydrogen-bond donors (Lipinski definition) is 1. The first kappa shape index (κ1) is 12.5. The third-order valence-corrected chi connectivity index (χ3v) is 2.18. The van der Waals surface area contributed by atoms with Crippen LogP contribution < -0.4 is 0 Å². The second-order valence-corrected chi connectivity index (χ2v) is 3.79. The summed E-state index contributed by atoms with van der Waals surface area (Å²) in [5.74, 6) is -0.375. The van der Waals surface area contributed by atoms with Crippen LogP contribution in [0.5, 0.6) is 5.75 Å². The third kappa shape index (κ3) is 3.87. The number of phenols is 1. The molecule has 0 aromatic heterocycles. The van der Waals surface area contributed by atoms with Crippen molar-refractivity contribution < 1.29 is 14.7 Å². The van der Waals surface area contributed by atoms with Crippen LogP contribution in [0.15, 0.2) is 24.3 Å². The van der Waals surface area contributed by atoms with Gasteiger partial charge in [0, 0.05) is 0 Å². The first-order valence-electron chi connectivity index (χ1n) is 4.68. The molecule has 0 aliphatic rings. The van der Waals surface area contributed by atoms with Crippen LogP contribution in [-0.4, -0.2) is 16.7 Å². The lowest BCUT2D eigenvalue weighted by molar-refractivity contribution is -0.123. The summed E-state index contributed by atoms with van der Waals surface area (Å²) in [4.78, 5) is 21.9. The molecule has 1 aromatic carbocycles. The summed E-state index contributed by atoms with van der Waals surface area (Å²) < 4.78 is 0. The predicted molar refractivity (Wildman–Crippen MR) is 62.5 cm³/mol. The molecule has 1 rings (SSSR count). The second kappa shape index (κ2) is 5.47. The maximum atomic E-state index is 11.2. The molecule has 0 saturated heterocycles. The van der Waals surface area contributed by atoms with Gasteiger partial charge in [-0.2, -0.15) is 0 Å². The van der Waals surface area contributed by atoms with Crippen LogP contribution in [0.25, 0.3) is 6.08 Å². The van der Waals surface area contributed by atoms with Gasteiger partial charge < -0.3 is 5.11 Å². The Kier molecular flexibility index (Phi) is 4.26. The number of benzene rings is 1. The van der Waals surface area contributed by atoms with Gasteiger partial charge in [-0.15, -0.1) is 0 Å². The van der Waals surface area contributed by atoms with Gasteiger partial charge >= 0.3 is 0 Å². The van der Waals surface area contributed by atoms with Gasteiger partial charge in [0.05, 0.1) is 11.4 Å². The van der Waals surface area contributed by atoms with E-state index in [0.717, 1.165) is 0 Å². The Morgan fingerprint density at radius 3 is 2.69 bits per heavy atom. The van der Waals surface area contributed by atoms with Crippen molar-refractivity contribution in [1.82, 2.24) is 0 Å². The summed E-state index contributed by atoms with van der Waals surface area (Å²) in [6.07, 6.45) is 2.72. The molecule has 0 saturated carbocycles. The highest BCUT2D eigenvalue weighted by molar-refractivity contribution is 6.32. The van der Waals surface area contributed by atoms with Crippen molar-refractivity contribution in [2.24, 2.45) is 0 Å². The zero-order chi connectivity index (χ0) is 12.1. The van der Waals surface area contributed by atoms with E-state index in [1.165, 1.54) is 31.2 Å². The number of halogens is 1. The highest BCUT2D eigenvalue weighted by Gasteiger charge is 2.02. The second-order valence-electron chi connectivity index (χ2n) is 3.38. The Bertz CT molecular complexity index is 450. The summed E-state index contributed by atoms with van der Waals surface area (Å²) in [6.45, 7) is 1.36. The molecule has 0 aliphatic heterocycles. The lowest BCUT2D eigenvalue weighted by Crippen LogP contribution is -1.99. The number of phenolic OH excluding ortho intramolecular Hbond substituents is 1. The number of carbonyl (C=O) groups is 2. The molecule has 1 N–H and O–H groups in total. The molecule has 0 fully saturated rings. The molecule has 3 nitrogen and oxygen atoms in total. The van der Waals surface area contributed by atoms with E-state index in [2.05, 4.69) is 0 Å². The number of Topliss-reactive ketones (excluding diaryl/α,β-unsaturated/α-hetero) is 1. The minimum absolute atomic E-state index is 0.0669. The van der Waals surface area contributed by atoms with Crippen LogP contribution in [0.3, 0.4) is 0 Å². The Morgan fingerprint density at radius 2 is 2.12 bits per heavy atom. The molecule has 1 aromatic rings. The van der Waals surface area contributed by atoms with Crippen molar-refractivity contribution in [2.45, 2.75) is 13.3 Å². The topological polar surface area (TPSA) is 54.4 Å². The summed E-state index contributed by atoms with van der Waals surface area (Å²) in [6, 6.07) is 4.45. The molecular formula is C12H11ClO3. The Morgan fingerprint density at radius 1 is 1.44 bits per heavy atom. The van der Waals surface area contributed by atoms with Gasteiger partial charge in [-0.3, -0.25) is 9.59 Å². The predicted octanol–water partition coefficient (Wildman–Crippen LogP) is 2.61.